The van der Waals surface area contributed by atoms with Gasteiger partial charge in [0.05, 0.1) is 5.39 Å². The Balaban J connectivity index is 1.42. The summed E-state index contributed by atoms with van der Waals surface area (Å²) in [5, 5.41) is 7.81. The summed E-state index contributed by atoms with van der Waals surface area (Å²) in [7, 11) is 0. The van der Waals surface area contributed by atoms with Gasteiger partial charge >= 0.3 is 0 Å². The zero-order valence-electron chi connectivity index (χ0n) is 16.2. The molecule has 3 aromatic carbocycles. The number of carbonyl (C=O) groups excluding carboxylic acids is 2. The van der Waals surface area contributed by atoms with E-state index in [1.54, 1.807) is 23.1 Å². The highest BCUT2D eigenvalue weighted by molar-refractivity contribution is 6.07. The zero-order chi connectivity index (χ0) is 20.5. The van der Waals surface area contributed by atoms with Crippen LogP contribution in [0.25, 0.3) is 22.2 Å². The maximum absolute atomic E-state index is 12.9. The number of hydrogen-bond acceptors (Lipinski definition) is 4. The van der Waals surface area contributed by atoms with Crippen molar-refractivity contribution in [3.05, 3.63) is 78.4 Å². The first-order valence-corrected chi connectivity index (χ1v) is 9.86. The van der Waals surface area contributed by atoms with Crippen molar-refractivity contribution in [2.24, 2.45) is 0 Å². The SMILES string of the molecule is O=C(Nc1cccc(N2CCCC2=O)c1)c1ccc2noc(-c3ccccc3)c2c1. The number of nitrogens with one attached hydrogen (secondary N) is 1. The van der Waals surface area contributed by atoms with Crippen LogP contribution >= 0.6 is 0 Å². The Kier molecular flexibility index (Phi) is 4.52. The minimum atomic E-state index is -0.234. The fourth-order valence-corrected chi connectivity index (χ4v) is 3.76. The number of anilines is 2. The van der Waals surface area contributed by atoms with Crippen molar-refractivity contribution < 1.29 is 14.1 Å². The number of hydrogen-bond donors (Lipinski definition) is 1. The van der Waals surface area contributed by atoms with E-state index in [1.807, 2.05) is 54.6 Å². The van der Waals surface area contributed by atoms with Crippen molar-refractivity contribution in [1.29, 1.82) is 0 Å². The molecule has 2 amide bonds. The van der Waals surface area contributed by atoms with E-state index >= 15 is 0 Å². The topological polar surface area (TPSA) is 75.4 Å². The van der Waals surface area contributed by atoms with Gasteiger partial charge in [-0.1, -0.05) is 41.6 Å². The third-order valence-corrected chi connectivity index (χ3v) is 5.26. The van der Waals surface area contributed by atoms with E-state index < -0.39 is 0 Å². The Labute approximate surface area is 173 Å². The van der Waals surface area contributed by atoms with Crippen LogP contribution in [0.1, 0.15) is 23.2 Å². The van der Waals surface area contributed by atoms with Crippen LogP contribution in [0.5, 0.6) is 0 Å². The van der Waals surface area contributed by atoms with E-state index in [9.17, 15) is 9.59 Å². The highest BCUT2D eigenvalue weighted by Crippen LogP contribution is 2.30. The third kappa shape index (κ3) is 3.33. The molecule has 148 valence electrons. The molecular weight excluding hydrogens is 378 g/mol. The molecule has 0 radical (unpaired) electrons. The van der Waals surface area contributed by atoms with E-state index in [2.05, 4.69) is 10.5 Å². The Morgan fingerprint density at radius 2 is 1.87 bits per heavy atom. The Hall–Kier alpha value is -3.93. The fourth-order valence-electron chi connectivity index (χ4n) is 3.76. The molecule has 4 aromatic rings. The van der Waals surface area contributed by atoms with Crippen LogP contribution in [0.15, 0.2) is 77.3 Å². The quantitative estimate of drug-likeness (QED) is 0.533. The normalized spacial score (nSPS) is 13.7. The molecule has 1 saturated heterocycles. The molecule has 1 aliphatic heterocycles. The second-order valence-electron chi connectivity index (χ2n) is 7.26. The molecular formula is C24H19N3O3. The van der Waals surface area contributed by atoms with Gasteiger partial charge in [0, 0.05) is 35.5 Å². The third-order valence-electron chi connectivity index (χ3n) is 5.26. The number of aromatic nitrogens is 1. The van der Waals surface area contributed by atoms with E-state index in [-0.39, 0.29) is 11.8 Å². The summed E-state index contributed by atoms with van der Waals surface area (Å²) in [6.07, 6.45) is 1.43. The molecule has 0 unspecified atom stereocenters. The molecule has 0 aliphatic carbocycles. The van der Waals surface area contributed by atoms with E-state index in [0.717, 1.165) is 23.1 Å². The number of carbonyl (C=O) groups is 2. The number of fused-ring (bicyclic) bond motifs is 1. The van der Waals surface area contributed by atoms with Crippen molar-refractivity contribution in [1.82, 2.24) is 5.16 Å². The molecule has 0 saturated carbocycles. The van der Waals surface area contributed by atoms with Gasteiger partial charge in [-0.2, -0.15) is 0 Å². The predicted molar refractivity (Wildman–Crippen MR) is 115 cm³/mol. The maximum Gasteiger partial charge on any atom is 0.255 e. The van der Waals surface area contributed by atoms with Gasteiger partial charge < -0.3 is 14.7 Å². The number of amides is 2. The van der Waals surface area contributed by atoms with Gasteiger partial charge in [-0.05, 0) is 42.8 Å². The van der Waals surface area contributed by atoms with E-state index in [1.165, 1.54) is 0 Å². The largest absolute Gasteiger partial charge is 0.355 e. The van der Waals surface area contributed by atoms with Crippen LogP contribution in [0, 0.1) is 0 Å². The van der Waals surface area contributed by atoms with Gasteiger partial charge in [0.25, 0.3) is 5.91 Å². The van der Waals surface area contributed by atoms with Crippen molar-refractivity contribution in [3.63, 3.8) is 0 Å². The van der Waals surface area contributed by atoms with E-state index in [0.29, 0.717) is 35.5 Å². The molecule has 1 N–H and O–H groups in total. The van der Waals surface area contributed by atoms with Crippen LogP contribution < -0.4 is 10.2 Å². The van der Waals surface area contributed by atoms with Crippen molar-refractivity contribution in [2.75, 3.05) is 16.8 Å². The first-order chi connectivity index (χ1) is 14.7. The Morgan fingerprint density at radius 3 is 2.67 bits per heavy atom. The Bertz CT molecular complexity index is 1250. The summed E-state index contributed by atoms with van der Waals surface area (Å²) in [5.41, 5.74) is 3.55. The van der Waals surface area contributed by atoms with E-state index in [4.69, 9.17) is 4.52 Å². The second-order valence-corrected chi connectivity index (χ2v) is 7.26. The number of nitrogens with zero attached hydrogens (tertiary/aromatic N) is 2. The molecule has 6 nitrogen and oxygen atoms in total. The van der Waals surface area contributed by atoms with Crippen molar-refractivity contribution in [2.45, 2.75) is 12.8 Å². The fraction of sp³-hybridized carbons (Fsp3) is 0.125. The molecule has 1 aliphatic rings. The summed E-state index contributed by atoms with van der Waals surface area (Å²) in [6.45, 7) is 0.711. The van der Waals surface area contributed by atoms with Crippen LogP contribution in [0.4, 0.5) is 11.4 Å². The lowest BCUT2D eigenvalue weighted by molar-refractivity contribution is -0.117. The second kappa shape index (κ2) is 7.48. The first-order valence-electron chi connectivity index (χ1n) is 9.86. The molecule has 5 rings (SSSR count). The van der Waals surface area contributed by atoms with Gasteiger partial charge in [0.2, 0.25) is 5.91 Å². The minimum absolute atomic E-state index is 0.116. The van der Waals surface area contributed by atoms with Crippen LogP contribution in [-0.4, -0.2) is 23.5 Å². The lowest BCUT2D eigenvalue weighted by Gasteiger charge is -2.16. The standard InChI is InChI=1S/C24H19N3O3/c28-22-10-5-13-27(22)19-9-4-8-18(15-19)25-24(29)17-11-12-21-20(14-17)23(30-26-21)16-6-2-1-3-7-16/h1-4,6-9,11-12,14-15H,5,10,13H2,(H,25,29). The molecule has 1 aromatic heterocycles. The van der Waals surface area contributed by atoms with Gasteiger partial charge in [-0.15, -0.1) is 0 Å². The molecule has 30 heavy (non-hydrogen) atoms. The van der Waals surface area contributed by atoms with Crippen LogP contribution in [0.2, 0.25) is 0 Å². The summed E-state index contributed by atoms with van der Waals surface area (Å²) < 4.78 is 5.52. The minimum Gasteiger partial charge on any atom is -0.355 e. The molecule has 0 bridgehead atoms. The lowest BCUT2D eigenvalue weighted by Crippen LogP contribution is -2.23. The van der Waals surface area contributed by atoms with Crippen molar-refractivity contribution >= 4 is 34.1 Å². The molecule has 1 fully saturated rings. The smallest absolute Gasteiger partial charge is 0.255 e. The molecule has 2 heterocycles. The molecule has 0 spiro atoms. The van der Waals surface area contributed by atoms with Gasteiger partial charge in [-0.3, -0.25) is 9.59 Å². The highest BCUT2D eigenvalue weighted by Gasteiger charge is 2.22. The first kappa shape index (κ1) is 18.1. The molecule has 0 atom stereocenters. The Morgan fingerprint density at radius 1 is 1.00 bits per heavy atom. The van der Waals surface area contributed by atoms with Gasteiger partial charge in [0.1, 0.15) is 5.52 Å². The van der Waals surface area contributed by atoms with Gasteiger partial charge in [0.15, 0.2) is 5.76 Å². The number of rotatable bonds is 4. The predicted octanol–water partition coefficient (Wildman–Crippen LogP) is 4.87. The average molecular weight is 397 g/mol. The monoisotopic (exact) mass is 397 g/mol. The molecule has 6 heteroatoms. The van der Waals surface area contributed by atoms with Crippen molar-refractivity contribution in [3.8, 4) is 11.3 Å². The summed E-state index contributed by atoms with van der Waals surface area (Å²) in [5.74, 6) is 0.515. The number of benzene rings is 3. The maximum atomic E-state index is 12.9. The average Bonchev–Trinajstić information content (AvgIpc) is 3.40. The summed E-state index contributed by atoms with van der Waals surface area (Å²) in [6, 6.07) is 22.3. The zero-order valence-corrected chi connectivity index (χ0v) is 16.2. The van der Waals surface area contributed by atoms with Crippen LogP contribution in [0.3, 0.4) is 0 Å². The van der Waals surface area contributed by atoms with Gasteiger partial charge in [-0.25, -0.2) is 0 Å². The summed E-state index contributed by atoms with van der Waals surface area (Å²) in [4.78, 5) is 26.6. The summed E-state index contributed by atoms with van der Waals surface area (Å²) >= 11 is 0. The van der Waals surface area contributed by atoms with Crippen LogP contribution in [-0.2, 0) is 4.79 Å². The highest BCUT2D eigenvalue weighted by atomic mass is 16.5. The lowest BCUT2D eigenvalue weighted by atomic mass is 10.1.